The number of aromatic hydroxyl groups is 3. The second kappa shape index (κ2) is 12.0. The van der Waals surface area contributed by atoms with E-state index in [9.17, 15) is 45.7 Å². The fourth-order valence-electron chi connectivity index (χ4n) is 4.21. The molecule has 3 aromatic rings. The maximum atomic E-state index is 11.5. The first-order valence-corrected chi connectivity index (χ1v) is 11.3. The zero-order chi connectivity index (χ0) is 28.9. The molecule has 0 aliphatic heterocycles. The number of nitrogens with zero attached hydrogens (tertiary/aromatic N) is 3. The number of aryl methyl sites for hydroxylation is 3. The third-order valence-corrected chi connectivity index (χ3v) is 6.05. The lowest BCUT2D eigenvalue weighted by Crippen LogP contribution is -2.10. The highest BCUT2D eigenvalue weighted by atomic mass is 16.6. The normalized spacial score (nSPS) is 10.6. The summed E-state index contributed by atoms with van der Waals surface area (Å²) in [6.45, 7) is 4.42. The molecule has 0 amide bonds. The van der Waals surface area contributed by atoms with Crippen LogP contribution in [0.5, 0.6) is 17.2 Å². The van der Waals surface area contributed by atoms with Crippen LogP contribution in [0.15, 0.2) is 36.4 Å². The maximum Gasteiger partial charge on any atom is 0.270 e. The van der Waals surface area contributed by atoms with Gasteiger partial charge in [0.1, 0.15) is 17.2 Å². The third-order valence-electron chi connectivity index (χ3n) is 6.05. The quantitative estimate of drug-likeness (QED) is 0.235. The van der Waals surface area contributed by atoms with Crippen LogP contribution in [0.1, 0.15) is 39.3 Å². The number of phenolic OH excluding ortho intramolecular Hbond substituents is 3. The van der Waals surface area contributed by atoms with E-state index >= 15 is 0 Å². The second-order valence-corrected chi connectivity index (χ2v) is 8.62. The molecule has 0 unspecified atom stereocenters. The van der Waals surface area contributed by atoms with Gasteiger partial charge in [-0.1, -0.05) is 0 Å². The molecular formula is C25H28N4O9. The van der Waals surface area contributed by atoms with Gasteiger partial charge in [0.15, 0.2) is 0 Å². The Balaban J connectivity index is 0.00000247. The van der Waals surface area contributed by atoms with Crippen LogP contribution >= 0.6 is 0 Å². The first-order chi connectivity index (χ1) is 17.8. The predicted octanol–water partition coefficient (Wildman–Crippen LogP) is 4.60. The Kier molecular flexibility index (Phi) is 9.28. The zero-order valence-corrected chi connectivity index (χ0v) is 21.2. The molecule has 3 rings (SSSR count). The smallest absolute Gasteiger partial charge is 0.270 e. The number of non-ortho nitro benzene ring substituents is 3. The van der Waals surface area contributed by atoms with Crippen LogP contribution in [0.4, 0.5) is 17.1 Å². The zero-order valence-electron chi connectivity index (χ0n) is 21.2. The highest BCUT2D eigenvalue weighted by Crippen LogP contribution is 2.41. The van der Waals surface area contributed by atoms with Crippen molar-refractivity contribution in [1.29, 1.82) is 0 Å². The van der Waals surface area contributed by atoms with Gasteiger partial charge in [-0.05, 0) is 63.3 Å². The van der Waals surface area contributed by atoms with Crippen molar-refractivity contribution >= 4 is 17.1 Å². The van der Waals surface area contributed by atoms with E-state index in [0.717, 1.165) is 18.2 Å². The van der Waals surface area contributed by atoms with Crippen LogP contribution in [0.2, 0.25) is 0 Å². The molecule has 0 saturated carbocycles. The van der Waals surface area contributed by atoms with Crippen LogP contribution < -0.4 is 5.73 Å². The van der Waals surface area contributed by atoms with Gasteiger partial charge in [-0.25, -0.2) is 0 Å². The summed E-state index contributed by atoms with van der Waals surface area (Å²) in [5, 5.41) is 66.3. The van der Waals surface area contributed by atoms with E-state index in [-0.39, 0.29) is 80.5 Å². The molecule has 13 heteroatoms. The Morgan fingerprint density at radius 3 is 1.29 bits per heavy atom. The molecular weight excluding hydrogens is 500 g/mol. The van der Waals surface area contributed by atoms with Gasteiger partial charge in [0.05, 0.1) is 14.8 Å². The predicted molar refractivity (Wildman–Crippen MR) is 139 cm³/mol. The molecule has 0 radical (unpaired) electrons. The van der Waals surface area contributed by atoms with Gasteiger partial charge in [0, 0.05) is 53.1 Å². The molecule has 0 heterocycles. The van der Waals surface area contributed by atoms with Gasteiger partial charge in [0.25, 0.3) is 17.1 Å². The van der Waals surface area contributed by atoms with Crippen LogP contribution in [0.3, 0.4) is 0 Å². The van der Waals surface area contributed by atoms with E-state index in [0.29, 0.717) is 0 Å². The molecule has 38 heavy (non-hydrogen) atoms. The van der Waals surface area contributed by atoms with Crippen molar-refractivity contribution in [2.24, 2.45) is 5.73 Å². The Hall–Kier alpha value is -4.78. The minimum absolute atomic E-state index is 0.0915. The van der Waals surface area contributed by atoms with Crippen molar-refractivity contribution in [1.82, 2.24) is 0 Å². The summed E-state index contributed by atoms with van der Waals surface area (Å²) in [5.41, 5.74) is 4.63. The standard InChI is InChI=1S/C24H23N3O9.CH5N/c1-12-4-18(25(31)32)9-16(22(12)28)7-15(21-11-20(27(35)36)6-14(3)24(21)30)8-17-10-19(26(33)34)5-13(2)23(17)29;1-2/h4-6,9-11,15,28-30H,7-8H2,1-3H3;2H2,1H3. The number of benzene rings is 3. The fraction of sp³-hybridized carbons (Fsp3) is 0.280. The Bertz CT molecular complexity index is 1330. The van der Waals surface area contributed by atoms with Crippen molar-refractivity contribution in [3.63, 3.8) is 0 Å². The molecule has 0 aliphatic rings. The highest BCUT2D eigenvalue weighted by Gasteiger charge is 2.27. The van der Waals surface area contributed by atoms with E-state index < -0.39 is 20.7 Å². The van der Waals surface area contributed by atoms with Crippen LogP contribution in [-0.4, -0.2) is 37.1 Å². The lowest BCUT2D eigenvalue weighted by atomic mass is 9.83. The number of nitro benzene ring substituents is 3. The fourth-order valence-corrected chi connectivity index (χ4v) is 4.21. The molecule has 3 aromatic carbocycles. The topological polar surface area (TPSA) is 216 Å². The molecule has 0 aliphatic carbocycles. The van der Waals surface area contributed by atoms with Crippen molar-refractivity contribution in [3.05, 3.63) is 100 Å². The van der Waals surface area contributed by atoms with Crippen LogP contribution in [-0.2, 0) is 12.8 Å². The second-order valence-electron chi connectivity index (χ2n) is 8.62. The summed E-state index contributed by atoms with van der Waals surface area (Å²) >= 11 is 0. The number of hydrogen-bond donors (Lipinski definition) is 4. The average molecular weight is 529 g/mol. The van der Waals surface area contributed by atoms with Gasteiger partial charge in [-0.3, -0.25) is 30.3 Å². The summed E-state index contributed by atoms with van der Waals surface area (Å²) < 4.78 is 0. The van der Waals surface area contributed by atoms with Gasteiger partial charge < -0.3 is 21.1 Å². The Morgan fingerprint density at radius 1 is 0.632 bits per heavy atom. The number of nitro groups is 3. The lowest BCUT2D eigenvalue weighted by molar-refractivity contribution is -0.385. The number of hydrogen-bond acceptors (Lipinski definition) is 10. The van der Waals surface area contributed by atoms with Crippen LogP contribution in [0.25, 0.3) is 0 Å². The van der Waals surface area contributed by atoms with Gasteiger partial charge in [-0.15, -0.1) is 0 Å². The summed E-state index contributed by atoms with van der Waals surface area (Å²) in [6.07, 6.45) is -0.270. The van der Waals surface area contributed by atoms with E-state index in [1.54, 1.807) is 0 Å². The minimum atomic E-state index is -0.872. The highest BCUT2D eigenvalue weighted by molar-refractivity contribution is 5.55. The van der Waals surface area contributed by atoms with Crippen molar-refractivity contribution in [2.75, 3.05) is 7.05 Å². The van der Waals surface area contributed by atoms with Crippen molar-refractivity contribution in [3.8, 4) is 17.2 Å². The number of phenols is 3. The van der Waals surface area contributed by atoms with Crippen molar-refractivity contribution < 1.29 is 30.1 Å². The Labute approximate surface area is 217 Å². The van der Waals surface area contributed by atoms with Crippen LogP contribution in [0, 0.1) is 51.1 Å². The SMILES string of the molecule is CN.Cc1cc([N+](=O)[O-])cc(CC(Cc2cc([N+](=O)[O-])cc(C)c2O)c2cc([N+](=O)[O-])cc(C)c2O)c1O. The molecule has 0 bridgehead atoms. The Morgan fingerprint density at radius 2 is 0.947 bits per heavy atom. The molecule has 0 spiro atoms. The molecule has 0 saturated heterocycles. The summed E-state index contributed by atoms with van der Waals surface area (Å²) in [4.78, 5) is 32.3. The monoisotopic (exact) mass is 528 g/mol. The lowest BCUT2D eigenvalue weighted by Gasteiger charge is -2.21. The molecule has 0 fully saturated rings. The number of rotatable bonds is 8. The third kappa shape index (κ3) is 6.31. The van der Waals surface area contributed by atoms with Crippen molar-refractivity contribution in [2.45, 2.75) is 39.5 Å². The first-order valence-electron chi connectivity index (χ1n) is 11.3. The molecule has 0 atom stereocenters. The van der Waals surface area contributed by atoms with E-state index in [1.165, 1.54) is 46.0 Å². The van der Waals surface area contributed by atoms with E-state index in [4.69, 9.17) is 0 Å². The van der Waals surface area contributed by atoms with Gasteiger partial charge in [-0.2, -0.15) is 0 Å². The van der Waals surface area contributed by atoms with Gasteiger partial charge >= 0.3 is 0 Å². The molecule has 202 valence electrons. The molecule has 0 aromatic heterocycles. The first kappa shape index (κ1) is 29.5. The molecule has 13 nitrogen and oxygen atoms in total. The minimum Gasteiger partial charge on any atom is -0.507 e. The van der Waals surface area contributed by atoms with E-state index in [2.05, 4.69) is 5.73 Å². The largest absolute Gasteiger partial charge is 0.507 e. The summed E-state index contributed by atoms with van der Waals surface area (Å²) in [6, 6.07) is 7.04. The van der Waals surface area contributed by atoms with E-state index in [1.807, 2.05) is 0 Å². The maximum absolute atomic E-state index is 11.5. The number of nitrogens with two attached hydrogens (primary N) is 1. The molecule has 5 N–H and O–H groups in total. The summed E-state index contributed by atoms with van der Waals surface area (Å²) in [5.74, 6) is -1.60. The van der Waals surface area contributed by atoms with Gasteiger partial charge in [0.2, 0.25) is 0 Å². The average Bonchev–Trinajstić information content (AvgIpc) is 2.86. The summed E-state index contributed by atoms with van der Waals surface area (Å²) in [7, 11) is 1.50.